The molecule has 0 bridgehead atoms. The summed E-state index contributed by atoms with van der Waals surface area (Å²) >= 11 is 0. The number of ether oxygens (including phenoxy) is 1. The second kappa shape index (κ2) is 9.78. The van der Waals surface area contributed by atoms with Crippen molar-refractivity contribution in [3.63, 3.8) is 0 Å². The van der Waals surface area contributed by atoms with E-state index in [1.807, 2.05) is 43.3 Å². The number of carbonyl (C=O) groups excluding carboxylic acids is 1. The smallest absolute Gasteiger partial charge is 0.225 e. The van der Waals surface area contributed by atoms with Crippen LogP contribution in [0.15, 0.2) is 53.5 Å². The van der Waals surface area contributed by atoms with Gasteiger partial charge in [0.25, 0.3) is 0 Å². The highest BCUT2D eigenvalue weighted by molar-refractivity contribution is 5.94. The molecule has 1 unspecified atom stereocenters. The van der Waals surface area contributed by atoms with Crippen LogP contribution in [0.5, 0.6) is 5.75 Å². The zero-order valence-electron chi connectivity index (χ0n) is 16.5. The third-order valence-corrected chi connectivity index (χ3v) is 4.76. The molecule has 0 saturated carbocycles. The van der Waals surface area contributed by atoms with E-state index in [4.69, 9.17) is 9.73 Å². The van der Waals surface area contributed by atoms with Crippen molar-refractivity contribution in [2.24, 2.45) is 4.99 Å². The van der Waals surface area contributed by atoms with E-state index in [9.17, 15) is 4.79 Å². The monoisotopic (exact) mass is 380 g/mol. The summed E-state index contributed by atoms with van der Waals surface area (Å²) in [6.07, 6.45) is 1.33. The third-order valence-electron chi connectivity index (χ3n) is 4.76. The van der Waals surface area contributed by atoms with Crippen molar-refractivity contribution in [3.05, 3.63) is 59.7 Å². The molecule has 3 rings (SSSR count). The second-order valence-electron chi connectivity index (χ2n) is 6.78. The minimum atomic E-state index is 0.0508. The summed E-state index contributed by atoms with van der Waals surface area (Å²) in [6.45, 7) is 4.16. The molecule has 1 aliphatic heterocycles. The maximum absolute atomic E-state index is 12.0. The van der Waals surface area contributed by atoms with Crippen LogP contribution in [0.2, 0.25) is 0 Å². The molecule has 6 heteroatoms. The van der Waals surface area contributed by atoms with Crippen LogP contribution in [0.25, 0.3) is 0 Å². The van der Waals surface area contributed by atoms with Crippen LogP contribution in [-0.2, 0) is 11.2 Å². The Morgan fingerprint density at radius 2 is 2.07 bits per heavy atom. The lowest BCUT2D eigenvalue weighted by atomic mass is 9.91. The average molecular weight is 380 g/mol. The fraction of sp³-hybridized carbons (Fsp3) is 0.364. The maximum Gasteiger partial charge on any atom is 0.225 e. The van der Waals surface area contributed by atoms with Crippen LogP contribution < -0.4 is 20.7 Å². The fourth-order valence-electron chi connectivity index (χ4n) is 3.36. The van der Waals surface area contributed by atoms with E-state index in [0.29, 0.717) is 13.0 Å². The number of fused-ring (bicyclic) bond motifs is 1. The Kier molecular flexibility index (Phi) is 6.89. The molecule has 0 aliphatic carbocycles. The normalized spacial score (nSPS) is 16.1. The SMILES string of the molecule is CCNC(=NCC1CC(=O)Nc2ccccc21)NCCc1cccc(OC)c1. The van der Waals surface area contributed by atoms with Gasteiger partial charge in [-0.25, -0.2) is 0 Å². The Hall–Kier alpha value is -3.02. The minimum absolute atomic E-state index is 0.0508. The summed E-state index contributed by atoms with van der Waals surface area (Å²) in [7, 11) is 1.68. The number of nitrogens with one attached hydrogen (secondary N) is 3. The first kappa shape index (κ1) is 19.7. The van der Waals surface area contributed by atoms with Gasteiger partial charge in [-0.3, -0.25) is 9.79 Å². The maximum atomic E-state index is 12.0. The molecule has 28 heavy (non-hydrogen) atoms. The number of benzene rings is 2. The van der Waals surface area contributed by atoms with Crippen molar-refractivity contribution in [1.82, 2.24) is 10.6 Å². The molecule has 1 amide bonds. The van der Waals surface area contributed by atoms with E-state index in [1.54, 1.807) is 7.11 Å². The molecule has 148 valence electrons. The number of hydrogen-bond donors (Lipinski definition) is 3. The van der Waals surface area contributed by atoms with Gasteiger partial charge in [0, 0.05) is 31.1 Å². The lowest BCUT2D eigenvalue weighted by molar-refractivity contribution is -0.116. The van der Waals surface area contributed by atoms with Gasteiger partial charge in [-0.05, 0) is 42.7 Å². The zero-order valence-corrected chi connectivity index (χ0v) is 16.5. The van der Waals surface area contributed by atoms with Crippen LogP contribution in [0.3, 0.4) is 0 Å². The molecular formula is C22H28N4O2. The summed E-state index contributed by atoms with van der Waals surface area (Å²) in [4.78, 5) is 16.7. The highest BCUT2D eigenvalue weighted by Crippen LogP contribution is 2.31. The van der Waals surface area contributed by atoms with Gasteiger partial charge in [0.1, 0.15) is 5.75 Å². The number of hydrogen-bond acceptors (Lipinski definition) is 3. The molecule has 0 spiro atoms. The predicted molar refractivity (Wildman–Crippen MR) is 113 cm³/mol. The van der Waals surface area contributed by atoms with Gasteiger partial charge in [0.2, 0.25) is 5.91 Å². The number of rotatable bonds is 7. The number of methoxy groups -OCH3 is 1. The first-order valence-corrected chi connectivity index (χ1v) is 9.73. The Labute approximate surface area is 166 Å². The van der Waals surface area contributed by atoms with Crippen LogP contribution in [-0.4, -0.2) is 38.6 Å². The fourth-order valence-corrected chi connectivity index (χ4v) is 3.36. The predicted octanol–water partition coefficient (Wildman–Crippen LogP) is 2.92. The lowest BCUT2D eigenvalue weighted by Crippen LogP contribution is -2.38. The largest absolute Gasteiger partial charge is 0.497 e. The summed E-state index contributed by atoms with van der Waals surface area (Å²) < 4.78 is 5.27. The van der Waals surface area contributed by atoms with Crippen LogP contribution in [0, 0.1) is 0 Å². The highest BCUT2D eigenvalue weighted by atomic mass is 16.5. The quantitative estimate of drug-likeness (QED) is 0.510. The van der Waals surface area contributed by atoms with E-state index in [1.165, 1.54) is 5.56 Å². The van der Waals surface area contributed by atoms with Gasteiger partial charge in [-0.2, -0.15) is 0 Å². The number of amides is 1. The summed E-state index contributed by atoms with van der Waals surface area (Å²) in [5.74, 6) is 1.79. The van der Waals surface area contributed by atoms with Crippen molar-refractivity contribution in [1.29, 1.82) is 0 Å². The first-order chi connectivity index (χ1) is 13.7. The van der Waals surface area contributed by atoms with Crippen LogP contribution in [0.1, 0.15) is 30.4 Å². The summed E-state index contributed by atoms with van der Waals surface area (Å²) in [5, 5.41) is 9.59. The molecule has 0 radical (unpaired) electrons. The molecule has 6 nitrogen and oxygen atoms in total. The van der Waals surface area contributed by atoms with Crippen molar-refractivity contribution in [3.8, 4) is 5.75 Å². The Balaban J connectivity index is 1.60. The number of aliphatic imine (C=N–C) groups is 1. The Morgan fingerprint density at radius 3 is 2.89 bits per heavy atom. The lowest BCUT2D eigenvalue weighted by Gasteiger charge is -2.24. The van der Waals surface area contributed by atoms with E-state index in [-0.39, 0.29) is 11.8 Å². The van der Waals surface area contributed by atoms with Gasteiger partial charge >= 0.3 is 0 Å². The molecule has 0 fully saturated rings. The van der Waals surface area contributed by atoms with E-state index in [0.717, 1.165) is 42.5 Å². The Bertz CT molecular complexity index is 835. The van der Waals surface area contributed by atoms with E-state index < -0.39 is 0 Å². The van der Waals surface area contributed by atoms with Crippen molar-refractivity contribution in [2.75, 3.05) is 32.1 Å². The average Bonchev–Trinajstić information content (AvgIpc) is 2.71. The van der Waals surface area contributed by atoms with Crippen molar-refractivity contribution in [2.45, 2.75) is 25.7 Å². The number of guanidine groups is 1. The van der Waals surface area contributed by atoms with E-state index in [2.05, 4.69) is 28.1 Å². The minimum Gasteiger partial charge on any atom is -0.497 e. The molecule has 3 N–H and O–H groups in total. The molecular weight excluding hydrogens is 352 g/mol. The van der Waals surface area contributed by atoms with Gasteiger partial charge in [-0.1, -0.05) is 30.3 Å². The number of anilines is 1. The molecule has 0 aromatic heterocycles. The van der Waals surface area contributed by atoms with E-state index >= 15 is 0 Å². The highest BCUT2D eigenvalue weighted by Gasteiger charge is 2.24. The Morgan fingerprint density at radius 1 is 1.21 bits per heavy atom. The van der Waals surface area contributed by atoms with Crippen LogP contribution >= 0.6 is 0 Å². The first-order valence-electron chi connectivity index (χ1n) is 9.73. The molecule has 2 aromatic rings. The van der Waals surface area contributed by atoms with Gasteiger partial charge < -0.3 is 20.7 Å². The summed E-state index contributed by atoms with van der Waals surface area (Å²) in [6, 6.07) is 16.0. The molecule has 0 saturated heterocycles. The summed E-state index contributed by atoms with van der Waals surface area (Å²) in [5.41, 5.74) is 3.26. The van der Waals surface area contributed by atoms with Gasteiger partial charge in [-0.15, -0.1) is 0 Å². The number of para-hydroxylation sites is 1. The van der Waals surface area contributed by atoms with Crippen molar-refractivity contribution < 1.29 is 9.53 Å². The van der Waals surface area contributed by atoms with Gasteiger partial charge in [0.05, 0.1) is 13.7 Å². The second-order valence-corrected chi connectivity index (χ2v) is 6.78. The zero-order chi connectivity index (χ0) is 19.8. The molecule has 2 aromatic carbocycles. The third kappa shape index (κ3) is 5.25. The van der Waals surface area contributed by atoms with Gasteiger partial charge in [0.15, 0.2) is 5.96 Å². The number of carbonyl (C=O) groups is 1. The topological polar surface area (TPSA) is 74.8 Å². The number of nitrogens with zero attached hydrogens (tertiary/aromatic N) is 1. The molecule has 1 aliphatic rings. The van der Waals surface area contributed by atoms with Crippen molar-refractivity contribution >= 4 is 17.6 Å². The van der Waals surface area contributed by atoms with Crippen LogP contribution in [0.4, 0.5) is 5.69 Å². The molecule has 1 atom stereocenters. The molecule has 1 heterocycles. The standard InChI is InChI=1S/C22H28N4O2/c1-3-23-22(24-12-11-16-7-6-8-18(13-16)28-2)25-15-17-14-21(27)26-20-10-5-4-9-19(17)20/h4-10,13,17H,3,11-12,14-15H2,1-2H3,(H,26,27)(H2,23,24,25).